The molecule has 0 radical (unpaired) electrons. The van der Waals surface area contributed by atoms with Crippen LogP contribution in [0, 0.1) is 17.3 Å². The van der Waals surface area contributed by atoms with Gasteiger partial charge in [-0.1, -0.05) is 26.0 Å². The number of rotatable bonds is 1. The molecule has 1 saturated carbocycles. The summed E-state index contributed by atoms with van der Waals surface area (Å²) in [5.41, 5.74) is 0.170. The molecule has 1 fully saturated rings. The van der Waals surface area contributed by atoms with Gasteiger partial charge in [0.05, 0.1) is 4.75 Å². The van der Waals surface area contributed by atoms with E-state index in [1.165, 1.54) is 0 Å². The number of allylic oxidation sites excluding steroid dienone is 1. The first-order chi connectivity index (χ1) is 7.62. The van der Waals surface area contributed by atoms with Crippen LogP contribution in [-0.4, -0.2) is 33.3 Å². The summed E-state index contributed by atoms with van der Waals surface area (Å²) >= 11 is -2.54. The van der Waals surface area contributed by atoms with E-state index in [-0.39, 0.29) is 5.41 Å². The maximum absolute atomic E-state index is 11.1. The van der Waals surface area contributed by atoms with Crippen molar-refractivity contribution >= 4 is 30.8 Å². The Morgan fingerprint density at radius 3 is 2.00 bits per heavy atom. The van der Waals surface area contributed by atoms with E-state index in [1.54, 1.807) is 0 Å². The van der Waals surface area contributed by atoms with Gasteiger partial charge in [-0.05, 0) is 41.7 Å². The van der Waals surface area contributed by atoms with Crippen LogP contribution in [0.15, 0.2) is 12.2 Å². The Morgan fingerprint density at radius 1 is 1.29 bits per heavy atom. The second kappa shape index (κ2) is 5.33. The van der Waals surface area contributed by atoms with Gasteiger partial charge in [-0.3, -0.25) is 4.21 Å². The molecule has 98 valence electrons. The quantitative estimate of drug-likeness (QED) is 0.408. The maximum atomic E-state index is 11.1. The Bertz CT molecular complexity index is 336. The second-order valence-corrected chi connectivity index (χ2v) is 16.4. The van der Waals surface area contributed by atoms with Gasteiger partial charge >= 0.3 is 34.6 Å². The minimum absolute atomic E-state index is 0.170. The zero-order valence-electron chi connectivity index (χ0n) is 11.7. The van der Waals surface area contributed by atoms with Gasteiger partial charge in [0.2, 0.25) is 0 Å². The van der Waals surface area contributed by atoms with Crippen LogP contribution < -0.4 is 0 Å². The molecule has 0 aromatic heterocycles. The summed E-state index contributed by atoms with van der Waals surface area (Å²) in [7, 11) is 0. The van der Waals surface area contributed by atoms with Crippen LogP contribution in [0.4, 0.5) is 0 Å². The topological polar surface area (TPSA) is 40.1 Å². The van der Waals surface area contributed by atoms with Crippen LogP contribution in [0.1, 0.15) is 27.2 Å². The molecule has 0 aromatic rings. The van der Waals surface area contributed by atoms with Crippen molar-refractivity contribution in [1.82, 2.24) is 0 Å². The fourth-order valence-corrected chi connectivity index (χ4v) is 3.68. The third-order valence-electron chi connectivity index (χ3n) is 4.05. The Kier molecular flexibility index (Phi) is 4.93. The van der Waals surface area contributed by atoms with Crippen molar-refractivity contribution in [3.8, 4) is 0 Å². The predicted molar refractivity (Wildman–Crippen MR) is 75.2 cm³/mol. The van der Waals surface area contributed by atoms with Crippen molar-refractivity contribution < 1.29 is 8.76 Å². The van der Waals surface area contributed by atoms with Crippen LogP contribution >= 0.6 is 0 Å². The Hall–Kier alpha value is 0.649. The van der Waals surface area contributed by atoms with Gasteiger partial charge in [0.15, 0.2) is 0 Å². The molecule has 2 nitrogen and oxygen atoms in total. The fraction of sp³-hybridized carbons (Fsp3) is 0.846. The number of hydrogen-bond acceptors (Lipinski definition) is 2. The van der Waals surface area contributed by atoms with Gasteiger partial charge in [-0.25, -0.2) is 0 Å². The minimum atomic E-state index is -1.99. The molecule has 3 aliphatic carbocycles. The van der Waals surface area contributed by atoms with Crippen molar-refractivity contribution in [3.63, 3.8) is 0 Å². The predicted octanol–water partition coefficient (Wildman–Crippen LogP) is 3.23. The van der Waals surface area contributed by atoms with Crippen molar-refractivity contribution in [2.75, 3.05) is 0 Å². The van der Waals surface area contributed by atoms with E-state index in [1.807, 2.05) is 13.0 Å². The zero-order chi connectivity index (χ0) is 13.4. The molecular weight excluding hydrogens is 339 g/mol. The van der Waals surface area contributed by atoms with Gasteiger partial charge in [0.1, 0.15) is 0 Å². The first-order valence-electron chi connectivity index (χ1n) is 6.18. The van der Waals surface area contributed by atoms with Crippen molar-refractivity contribution in [1.29, 1.82) is 0 Å². The van der Waals surface area contributed by atoms with Crippen molar-refractivity contribution in [3.05, 3.63) is 12.2 Å². The second-order valence-electron chi connectivity index (χ2n) is 6.49. The van der Waals surface area contributed by atoms with E-state index in [9.17, 15) is 8.76 Å². The van der Waals surface area contributed by atoms with Crippen molar-refractivity contribution in [2.24, 2.45) is 17.3 Å². The molecular formula is C13H24O2SSn. The molecule has 0 N–H and O–H groups in total. The number of fused-ring (bicyclic) bond motifs is 1. The first kappa shape index (κ1) is 15.7. The first-order valence-corrected chi connectivity index (χ1v) is 15.8. The molecule has 3 aliphatic rings. The molecule has 0 amide bonds. The average Bonchev–Trinajstić information content (AvgIpc) is 2.16. The molecule has 0 spiro atoms. The molecule has 4 atom stereocenters. The molecule has 1 unspecified atom stereocenters. The van der Waals surface area contributed by atoms with E-state index < -0.39 is 35.6 Å². The summed E-state index contributed by atoms with van der Waals surface area (Å²) in [5.74, 6) is 0.891. The number of hydrogen-bond donors (Lipinski definition) is 0. The normalized spacial score (nSPS) is 38.5. The van der Waals surface area contributed by atoms with Gasteiger partial charge < -0.3 is 4.55 Å². The van der Waals surface area contributed by atoms with Gasteiger partial charge in [0, 0.05) is 0 Å². The molecule has 0 aromatic carbocycles. The average molecular weight is 363 g/mol. The van der Waals surface area contributed by atoms with Crippen LogP contribution in [0.25, 0.3) is 0 Å². The Morgan fingerprint density at radius 2 is 1.76 bits per heavy atom. The summed E-state index contributed by atoms with van der Waals surface area (Å²) < 4.78 is 21.7. The van der Waals surface area contributed by atoms with E-state index in [4.69, 9.17) is 0 Å². The van der Waals surface area contributed by atoms with Crippen LogP contribution in [-0.2, 0) is 11.1 Å². The van der Waals surface area contributed by atoms with Crippen LogP contribution in [0.2, 0.25) is 14.8 Å². The van der Waals surface area contributed by atoms with E-state index in [0.717, 1.165) is 6.42 Å². The molecule has 0 heterocycles. The third kappa shape index (κ3) is 2.98. The molecule has 4 heteroatoms. The molecule has 0 aliphatic heterocycles. The third-order valence-corrected chi connectivity index (χ3v) is 5.19. The molecule has 3 rings (SSSR count). The van der Waals surface area contributed by atoms with Gasteiger partial charge in [-0.2, -0.15) is 0 Å². The Balaban J connectivity index is 0.000000317. The zero-order valence-corrected chi connectivity index (χ0v) is 15.4. The summed E-state index contributed by atoms with van der Waals surface area (Å²) in [6, 6.07) is 0. The van der Waals surface area contributed by atoms with Crippen molar-refractivity contribution in [2.45, 2.75) is 46.8 Å². The van der Waals surface area contributed by atoms with E-state index >= 15 is 0 Å². The van der Waals surface area contributed by atoms with E-state index in [2.05, 4.69) is 34.7 Å². The summed E-state index contributed by atoms with van der Waals surface area (Å²) in [4.78, 5) is 7.09. The molecule has 2 bridgehead atoms. The van der Waals surface area contributed by atoms with E-state index in [0.29, 0.717) is 11.8 Å². The standard InChI is InChI=1S/C10H16O2S.3CH3.Sn/c1-9(2)7-4-5-10(3,13(11)12)8(9)6-7;;;;/h4-5,7-8H,6H2,1-3H3,(H,11,12);3*1H3;/q;;;;+1/p-1/t7-,8+,10-;;;;/m0..../s1. The fourth-order valence-electron chi connectivity index (χ4n) is 2.85. The van der Waals surface area contributed by atoms with Crippen LogP contribution in [0.3, 0.4) is 0 Å². The summed E-state index contributed by atoms with van der Waals surface area (Å²) in [6.45, 7) is 6.16. The molecule has 17 heavy (non-hydrogen) atoms. The van der Waals surface area contributed by atoms with Crippen LogP contribution in [0.5, 0.6) is 0 Å². The summed E-state index contributed by atoms with van der Waals surface area (Å²) in [5, 5.41) is 0. The Labute approximate surface area is 115 Å². The van der Waals surface area contributed by atoms with Gasteiger partial charge in [0.25, 0.3) is 0 Å². The summed E-state index contributed by atoms with van der Waals surface area (Å²) in [6.07, 6.45) is 4.99. The van der Waals surface area contributed by atoms with Gasteiger partial charge in [-0.15, -0.1) is 0 Å². The molecule has 0 saturated heterocycles. The monoisotopic (exact) mass is 364 g/mol. The SMILES string of the molecule is CC1(C)[C@H]2C[C@@H]1C=C[C@]2(C)S(=O)[O-].[CH3][Sn+]([CH3])[CH3].